The normalized spacial score (nSPS) is 10.9. The predicted molar refractivity (Wildman–Crippen MR) is 64.8 cm³/mol. The van der Waals surface area contributed by atoms with Crippen LogP contribution in [0.2, 0.25) is 0 Å². The molecule has 3 aromatic rings. The maximum atomic E-state index is 9.65. The SMILES string of the molecule is Cc1cccc(-c2cc3nccc(O)n3n2)c1. The Morgan fingerprint density at radius 2 is 2.06 bits per heavy atom. The average molecular weight is 225 g/mol. The van der Waals surface area contributed by atoms with Crippen molar-refractivity contribution in [3.8, 4) is 17.1 Å². The summed E-state index contributed by atoms with van der Waals surface area (Å²) in [4.78, 5) is 4.15. The molecule has 3 rings (SSSR count). The standard InChI is InChI=1S/C13H11N3O/c1-9-3-2-4-10(7-9)11-8-12-14-6-5-13(17)16(12)15-11/h2-8,17H,1H3. The van der Waals surface area contributed by atoms with Crippen molar-refractivity contribution >= 4 is 5.65 Å². The fourth-order valence-electron chi connectivity index (χ4n) is 1.83. The van der Waals surface area contributed by atoms with E-state index < -0.39 is 0 Å². The average Bonchev–Trinajstić information content (AvgIpc) is 2.74. The summed E-state index contributed by atoms with van der Waals surface area (Å²) in [5, 5.41) is 14.0. The second kappa shape index (κ2) is 3.59. The maximum Gasteiger partial charge on any atom is 0.215 e. The van der Waals surface area contributed by atoms with E-state index in [4.69, 9.17) is 0 Å². The number of rotatable bonds is 1. The van der Waals surface area contributed by atoms with Crippen LogP contribution in [-0.4, -0.2) is 19.7 Å². The first-order valence-corrected chi connectivity index (χ1v) is 5.35. The third-order valence-corrected chi connectivity index (χ3v) is 2.65. The molecule has 0 saturated heterocycles. The summed E-state index contributed by atoms with van der Waals surface area (Å²) in [5.74, 6) is 0.0916. The first kappa shape index (κ1) is 9.84. The highest BCUT2D eigenvalue weighted by molar-refractivity contribution is 5.64. The molecule has 0 spiro atoms. The van der Waals surface area contributed by atoms with Gasteiger partial charge < -0.3 is 5.11 Å². The Kier molecular flexibility index (Phi) is 2.08. The summed E-state index contributed by atoms with van der Waals surface area (Å²) in [5.41, 5.74) is 3.65. The number of aryl methyl sites for hydroxylation is 1. The van der Waals surface area contributed by atoms with E-state index in [0.29, 0.717) is 5.65 Å². The van der Waals surface area contributed by atoms with E-state index in [2.05, 4.69) is 16.1 Å². The van der Waals surface area contributed by atoms with Crippen LogP contribution in [0.25, 0.3) is 16.9 Å². The van der Waals surface area contributed by atoms with E-state index in [-0.39, 0.29) is 5.88 Å². The number of nitrogens with zero attached hydrogens (tertiary/aromatic N) is 3. The molecule has 0 atom stereocenters. The molecule has 0 fully saturated rings. The van der Waals surface area contributed by atoms with Gasteiger partial charge in [-0.25, -0.2) is 4.98 Å². The van der Waals surface area contributed by atoms with Gasteiger partial charge in [0.15, 0.2) is 5.65 Å². The topological polar surface area (TPSA) is 50.4 Å². The molecule has 2 heterocycles. The summed E-state index contributed by atoms with van der Waals surface area (Å²) in [6, 6.07) is 11.4. The Morgan fingerprint density at radius 3 is 2.82 bits per heavy atom. The summed E-state index contributed by atoms with van der Waals surface area (Å²) >= 11 is 0. The van der Waals surface area contributed by atoms with E-state index in [1.54, 1.807) is 6.20 Å². The van der Waals surface area contributed by atoms with Crippen LogP contribution in [0.3, 0.4) is 0 Å². The molecule has 0 bridgehead atoms. The summed E-state index contributed by atoms with van der Waals surface area (Å²) < 4.78 is 1.43. The highest BCUT2D eigenvalue weighted by Crippen LogP contribution is 2.21. The van der Waals surface area contributed by atoms with Crippen molar-refractivity contribution in [2.24, 2.45) is 0 Å². The van der Waals surface area contributed by atoms with Gasteiger partial charge in [0.05, 0.1) is 5.69 Å². The van der Waals surface area contributed by atoms with Crippen molar-refractivity contribution in [1.82, 2.24) is 14.6 Å². The second-order valence-corrected chi connectivity index (χ2v) is 3.97. The van der Waals surface area contributed by atoms with Gasteiger partial charge in [0.25, 0.3) is 0 Å². The van der Waals surface area contributed by atoms with Crippen molar-refractivity contribution in [3.05, 3.63) is 48.2 Å². The summed E-state index contributed by atoms with van der Waals surface area (Å²) in [6.45, 7) is 2.04. The van der Waals surface area contributed by atoms with Crippen molar-refractivity contribution in [3.63, 3.8) is 0 Å². The number of hydrogen-bond donors (Lipinski definition) is 1. The van der Waals surface area contributed by atoms with Crippen LogP contribution in [0.1, 0.15) is 5.56 Å². The minimum absolute atomic E-state index is 0.0916. The van der Waals surface area contributed by atoms with Crippen LogP contribution in [0.4, 0.5) is 0 Å². The Morgan fingerprint density at radius 1 is 1.18 bits per heavy atom. The largest absolute Gasteiger partial charge is 0.493 e. The van der Waals surface area contributed by atoms with Crippen LogP contribution in [-0.2, 0) is 0 Å². The molecule has 1 aromatic carbocycles. The molecule has 0 aliphatic rings. The van der Waals surface area contributed by atoms with Gasteiger partial charge in [-0.2, -0.15) is 9.61 Å². The molecule has 4 heteroatoms. The van der Waals surface area contributed by atoms with Crippen molar-refractivity contribution in [2.45, 2.75) is 6.92 Å². The van der Waals surface area contributed by atoms with E-state index in [0.717, 1.165) is 11.3 Å². The monoisotopic (exact) mass is 225 g/mol. The van der Waals surface area contributed by atoms with E-state index >= 15 is 0 Å². The first-order chi connectivity index (χ1) is 8.24. The van der Waals surface area contributed by atoms with Crippen LogP contribution in [0.15, 0.2) is 42.6 Å². The smallest absolute Gasteiger partial charge is 0.215 e. The van der Waals surface area contributed by atoms with E-state index in [9.17, 15) is 5.11 Å². The van der Waals surface area contributed by atoms with Crippen molar-refractivity contribution < 1.29 is 5.11 Å². The minimum Gasteiger partial charge on any atom is -0.493 e. The molecular formula is C13H11N3O. The highest BCUT2D eigenvalue weighted by atomic mass is 16.3. The van der Waals surface area contributed by atoms with Gasteiger partial charge in [0.1, 0.15) is 0 Å². The molecule has 0 aliphatic carbocycles. The molecule has 0 aliphatic heterocycles. The molecule has 4 nitrogen and oxygen atoms in total. The Balaban J connectivity index is 2.22. The lowest BCUT2D eigenvalue weighted by atomic mass is 10.1. The van der Waals surface area contributed by atoms with Gasteiger partial charge in [0.2, 0.25) is 5.88 Å². The van der Waals surface area contributed by atoms with Crippen LogP contribution >= 0.6 is 0 Å². The third-order valence-electron chi connectivity index (χ3n) is 2.65. The zero-order valence-corrected chi connectivity index (χ0v) is 9.33. The van der Waals surface area contributed by atoms with Gasteiger partial charge >= 0.3 is 0 Å². The summed E-state index contributed by atoms with van der Waals surface area (Å²) in [6.07, 6.45) is 1.56. The Hall–Kier alpha value is -2.36. The second-order valence-electron chi connectivity index (χ2n) is 3.97. The van der Waals surface area contributed by atoms with Crippen molar-refractivity contribution in [1.29, 1.82) is 0 Å². The third kappa shape index (κ3) is 1.63. The van der Waals surface area contributed by atoms with Crippen LogP contribution < -0.4 is 0 Å². The molecule has 17 heavy (non-hydrogen) atoms. The van der Waals surface area contributed by atoms with E-state index in [1.807, 2.05) is 31.2 Å². The summed E-state index contributed by atoms with van der Waals surface area (Å²) in [7, 11) is 0. The fraction of sp³-hybridized carbons (Fsp3) is 0.0769. The number of fused-ring (bicyclic) bond motifs is 1. The quantitative estimate of drug-likeness (QED) is 0.691. The van der Waals surface area contributed by atoms with Gasteiger partial charge in [-0.05, 0) is 13.0 Å². The molecule has 1 N–H and O–H groups in total. The highest BCUT2D eigenvalue weighted by Gasteiger charge is 2.07. The van der Waals surface area contributed by atoms with Gasteiger partial charge in [-0.1, -0.05) is 23.8 Å². The minimum atomic E-state index is 0.0916. The molecule has 0 saturated carbocycles. The number of aromatic nitrogens is 3. The van der Waals surface area contributed by atoms with Gasteiger partial charge in [-0.15, -0.1) is 0 Å². The lowest BCUT2D eigenvalue weighted by molar-refractivity contribution is 0.435. The molecule has 2 aromatic heterocycles. The number of benzene rings is 1. The van der Waals surface area contributed by atoms with Crippen molar-refractivity contribution in [2.75, 3.05) is 0 Å². The zero-order chi connectivity index (χ0) is 11.8. The Bertz CT molecular complexity index is 688. The van der Waals surface area contributed by atoms with Gasteiger partial charge in [0, 0.05) is 23.9 Å². The molecule has 0 unspecified atom stereocenters. The van der Waals surface area contributed by atoms with E-state index in [1.165, 1.54) is 16.1 Å². The van der Waals surface area contributed by atoms with Crippen LogP contribution in [0.5, 0.6) is 5.88 Å². The van der Waals surface area contributed by atoms with Crippen LogP contribution in [0, 0.1) is 6.92 Å². The molecule has 0 amide bonds. The molecular weight excluding hydrogens is 214 g/mol. The fourth-order valence-corrected chi connectivity index (χ4v) is 1.83. The zero-order valence-electron chi connectivity index (χ0n) is 9.33. The molecule has 0 radical (unpaired) electrons. The maximum absolute atomic E-state index is 9.65. The lowest BCUT2D eigenvalue weighted by Gasteiger charge is -1.97. The number of hydrogen-bond acceptors (Lipinski definition) is 3. The lowest BCUT2D eigenvalue weighted by Crippen LogP contribution is -1.89. The van der Waals surface area contributed by atoms with Gasteiger partial charge in [-0.3, -0.25) is 0 Å². The Labute approximate surface area is 98.2 Å². The predicted octanol–water partition coefficient (Wildman–Crippen LogP) is 2.41. The molecule has 84 valence electrons. The first-order valence-electron chi connectivity index (χ1n) is 5.35. The number of aromatic hydroxyl groups is 1.